The van der Waals surface area contributed by atoms with Crippen LogP contribution in [0.3, 0.4) is 0 Å². The van der Waals surface area contributed by atoms with Crippen LogP contribution in [-0.4, -0.2) is 28.5 Å². The zero-order valence-corrected chi connectivity index (χ0v) is 19.4. The normalized spacial score (nSPS) is 14.5. The number of halogens is 3. The number of rotatable bonds is 9. The maximum absolute atomic E-state index is 12.8. The highest BCUT2D eigenvalue weighted by Gasteiger charge is 2.30. The number of hydrogen-bond acceptors (Lipinski definition) is 4. The van der Waals surface area contributed by atoms with Gasteiger partial charge in [0.1, 0.15) is 5.82 Å². The maximum Gasteiger partial charge on any atom is 0.416 e. The van der Waals surface area contributed by atoms with Crippen LogP contribution in [0.4, 0.5) is 19.0 Å². The van der Waals surface area contributed by atoms with Gasteiger partial charge >= 0.3 is 12.1 Å². The molecular weight excluding hydrogens is 471 g/mol. The summed E-state index contributed by atoms with van der Waals surface area (Å²) < 4.78 is 38.5. The molecule has 2 aromatic carbocycles. The van der Waals surface area contributed by atoms with Gasteiger partial charge < -0.3 is 15.7 Å². The Morgan fingerprint density at radius 1 is 0.972 bits per heavy atom. The Morgan fingerprint density at radius 3 is 2.11 bits per heavy atom. The van der Waals surface area contributed by atoms with E-state index in [4.69, 9.17) is 5.11 Å². The van der Waals surface area contributed by atoms with E-state index >= 15 is 0 Å². The number of carbonyl (C=O) groups excluding carboxylic acids is 1. The number of alkyl halides is 3. The number of pyridine rings is 1. The summed E-state index contributed by atoms with van der Waals surface area (Å²) in [6.45, 7) is 0.0421. The summed E-state index contributed by atoms with van der Waals surface area (Å²) in [7, 11) is 0. The molecule has 9 heteroatoms. The van der Waals surface area contributed by atoms with Crippen LogP contribution < -0.4 is 10.6 Å². The first-order valence-electron chi connectivity index (χ1n) is 11.7. The van der Waals surface area contributed by atoms with Crippen molar-refractivity contribution in [2.75, 3.05) is 11.9 Å². The topological polar surface area (TPSA) is 91.3 Å². The first kappa shape index (κ1) is 25.2. The van der Waals surface area contributed by atoms with Gasteiger partial charge in [0.05, 0.1) is 23.6 Å². The summed E-state index contributed by atoms with van der Waals surface area (Å²) >= 11 is 0. The van der Waals surface area contributed by atoms with E-state index < -0.39 is 17.7 Å². The van der Waals surface area contributed by atoms with Crippen LogP contribution in [0.5, 0.6) is 0 Å². The molecule has 1 heterocycles. The smallest absolute Gasteiger partial charge is 0.416 e. The molecule has 1 amide bonds. The van der Waals surface area contributed by atoms with Crippen LogP contribution in [0.25, 0.3) is 11.1 Å². The lowest BCUT2D eigenvalue weighted by Gasteiger charge is -2.35. The number of carbonyl (C=O) groups is 2. The highest BCUT2D eigenvalue weighted by molar-refractivity contribution is 5.94. The molecule has 188 valence electrons. The Kier molecular flexibility index (Phi) is 7.57. The highest BCUT2D eigenvalue weighted by atomic mass is 19.4. The average Bonchev–Trinajstić information content (AvgIpc) is 2.82. The predicted octanol–water partition coefficient (Wildman–Crippen LogP) is 5.93. The lowest BCUT2D eigenvalue weighted by Crippen LogP contribution is -2.27. The predicted molar refractivity (Wildman–Crippen MR) is 129 cm³/mol. The van der Waals surface area contributed by atoms with Crippen molar-refractivity contribution in [3.63, 3.8) is 0 Å². The Labute approximate surface area is 206 Å². The molecule has 36 heavy (non-hydrogen) atoms. The molecule has 6 nitrogen and oxygen atoms in total. The standard InChI is InChI=1S/C27H26F3N3O3/c28-27(29,30)22-11-8-18(9-12-22)17-4-6-20(7-5-17)25(19-2-1-3-19)33-23-13-10-21(16-32-23)26(36)31-15-14-24(34)35/h4-13,16,19,25H,1-3,14-15H2,(H,31,36)(H,32,33)(H,34,35). The fourth-order valence-electron chi connectivity index (χ4n) is 4.14. The fourth-order valence-corrected chi connectivity index (χ4v) is 4.14. The number of carboxylic acid groups (broad SMARTS) is 1. The van der Waals surface area contributed by atoms with E-state index in [9.17, 15) is 22.8 Å². The van der Waals surface area contributed by atoms with Gasteiger partial charge in [-0.2, -0.15) is 13.2 Å². The van der Waals surface area contributed by atoms with Crippen LogP contribution in [0, 0.1) is 5.92 Å². The van der Waals surface area contributed by atoms with Crippen LogP contribution in [0.1, 0.15) is 53.2 Å². The number of nitrogens with zero attached hydrogens (tertiary/aromatic N) is 1. The first-order chi connectivity index (χ1) is 17.2. The van der Waals surface area contributed by atoms with Gasteiger partial charge in [-0.25, -0.2) is 4.98 Å². The van der Waals surface area contributed by atoms with Gasteiger partial charge in [-0.15, -0.1) is 0 Å². The lowest BCUT2D eigenvalue weighted by molar-refractivity contribution is -0.138. The van der Waals surface area contributed by atoms with E-state index in [2.05, 4.69) is 15.6 Å². The Hall–Kier alpha value is -3.88. The van der Waals surface area contributed by atoms with Crippen LogP contribution in [-0.2, 0) is 11.0 Å². The van der Waals surface area contributed by atoms with E-state index in [0.29, 0.717) is 22.9 Å². The lowest BCUT2D eigenvalue weighted by atomic mass is 9.77. The van der Waals surface area contributed by atoms with Gasteiger partial charge in [0.25, 0.3) is 5.91 Å². The molecule has 1 aliphatic carbocycles. The van der Waals surface area contributed by atoms with E-state index in [1.807, 2.05) is 24.3 Å². The van der Waals surface area contributed by atoms with E-state index in [-0.39, 0.29) is 24.9 Å². The molecule has 0 spiro atoms. The second-order valence-electron chi connectivity index (χ2n) is 8.84. The molecule has 3 N–H and O–H groups in total. The SMILES string of the molecule is O=C(O)CCNC(=O)c1ccc(NC(c2ccc(-c3ccc(C(F)(F)F)cc3)cc2)C2CCC2)nc1. The van der Waals surface area contributed by atoms with Crippen molar-refractivity contribution in [3.8, 4) is 11.1 Å². The van der Waals surface area contributed by atoms with E-state index in [0.717, 1.165) is 42.5 Å². The summed E-state index contributed by atoms with van der Waals surface area (Å²) in [6.07, 6.45) is 0.226. The number of anilines is 1. The minimum absolute atomic E-state index is 0.00292. The van der Waals surface area contributed by atoms with Gasteiger partial charge in [-0.1, -0.05) is 42.8 Å². The van der Waals surface area contributed by atoms with Crippen LogP contribution >= 0.6 is 0 Å². The summed E-state index contributed by atoms with van der Waals surface area (Å²) in [4.78, 5) is 27.1. The molecule has 0 aliphatic heterocycles. The van der Waals surface area contributed by atoms with Gasteiger partial charge in [0, 0.05) is 12.7 Å². The van der Waals surface area contributed by atoms with Crippen molar-refractivity contribution in [1.29, 1.82) is 0 Å². The third-order valence-corrected chi connectivity index (χ3v) is 6.39. The third kappa shape index (κ3) is 6.21. The monoisotopic (exact) mass is 497 g/mol. The minimum atomic E-state index is -4.36. The molecule has 1 aliphatic rings. The number of nitrogens with one attached hydrogen (secondary N) is 2. The molecule has 1 unspecified atom stereocenters. The summed E-state index contributed by atoms with van der Waals surface area (Å²) in [5.74, 6) is -0.337. The van der Waals surface area contributed by atoms with Crippen molar-refractivity contribution >= 4 is 17.7 Å². The Balaban J connectivity index is 1.44. The molecular formula is C27H26F3N3O3. The number of benzene rings is 2. The molecule has 1 fully saturated rings. The van der Waals surface area contributed by atoms with E-state index in [1.54, 1.807) is 12.1 Å². The molecule has 0 saturated heterocycles. The molecule has 0 bridgehead atoms. The average molecular weight is 498 g/mol. The summed E-state index contributed by atoms with van der Waals surface area (Å²) in [5.41, 5.74) is 2.26. The zero-order chi connectivity index (χ0) is 25.7. The number of hydrogen-bond donors (Lipinski definition) is 3. The van der Waals surface area contributed by atoms with Gasteiger partial charge in [-0.05, 0) is 59.7 Å². The number of carboxylic acids is 1. The van der Waals surface area contributed by atoms with E-state index in [1.165, 1.54) is 18.3 Å². The molecule has 1 aromatic heterocycles. The number of amides is 1. The second-order valence-corrected chi connectivity index (χ2v) is 8.84. The van der Waals surface area contributed by atoms with Crippen LogP contribution in [0.15, 0.2) is 66.9 Å². The molecule has 1 saturated carbocycles. The summed E-state index contributed by atoms with van der Waals surface area (Å²) in [5, 5.41) is 14.7. The fraction of sp³-hybridized carbons (Fsp3) is 0.296. The largest absolute Gasteiger partial charge is 0.481 e. The second kappa shape index (κ2) is 10.8. The van der Waals surface area contributed by atoms with Crippen molar-refractivity contribution < 1.29 is 27.9 Å². The van der Waals surface area contributed by atoms with Crippen molar-refractivity contribution in [3.05, 3.63) is 83.6 Å². The Morgan fingerprint density at radius 2 is 1.61 bits per heavy atom. The van der Waals surface area contributed by atoms with Gasteiger partial charge in [0.2, 0.25) is 0 Å². The van der Waals surface area contributed by atoms with Crippen molar-refractivity contribution in [2.45, 2.75) is 37.9 Å². The Bertz CT molecular complexity index is 1190. The molecule has 0 radical (unpaired) electrons. The number of aromatic nitrogens is 1. The minimum Gasteiger partial charge on any atom is -0.481 e. The van der Waals surface area contributed by atoms with Gasteiger partial charge in [0.15, 0.2) is 0 Å². The highest BCUT2D eigenvalue weighted by Crippen LogP contribution is 2.40. The van der Waals surface area contributed by atoms with Crippen LogP contribution in [0.2, 0.25) is 0 Å². The maximum atomic E-state index is 12.8. The van der Waals surface area contributed by atoms with Crippen molar-refractivity contribution in [2.24, 2.45) is 5.92 Å². The molecule has 4 rings (SSSR count). The molecule has 3 aromatic rings. The third-order valence-electron chi connectivity index (χ3n) is 6.39. The molecule has 1 atom stereocenters. The quantitative estimate of drug-likeness (QED) is 0.341. The first-order valence-corrected chi connectivity index (χ1v) is 11.7. The van der Waals surface area contributed by atoms with Crippen molar-refractivity contribution in [1.82, 2.24) is 10.3 Å². The van der Waals surface area contributed by atoms with Gasteiger partial charge in [-0.3, -0.25) is 9.59 Å². The number of aliphatic carboxylic acids is 1. The zero-order valence-electron chi connectivity index (χ0n) is 19.4. The summed E-state index contributed by atoms with van der Waals surface area (Å²) in [6, 6.07) is 16.3.